The Morgan fingerprint density at radius 1 is 1.29 bits per heavy atom. The fraction of sp³-hybridized carbons (Fsp3) is 0.375. The van der Waals surface area contributed by atoms with Gasteiger partial charge in [-0.3, -0.25) is 0 Å². The van der Waals surface area contributed by atoms with Gasteiger partial charge < -0.3 is 10.1 Å². The van der Waals surface area contributed by atoms with Gasteiger partial charge in [-0.05, 0) is 51.5 Å². The molecule has 2 rings (SSSR count). The summed E-state index contributed by atoms with van der Waals surface area (Å²) >= 11 is 5.33. The van der Waals surface area contributed by atoms with E-state index in [1.54, 1.807) is 18.4 Å². The van der Waals surface area contributed by atoms with Gasteiger partial charge in [0.2, 0.25) is 0 Å². The molecule has 0 radical (unpaired) electrons. The molecular formula is C16H19BrFNOS. The average molecular weight is 372 g/mol. The maximum atomic E-state index is 13.1. The highest BCUT2D eigenvalue weighted by Gasteiger charge is 2.15. The lowest BCUT2D eigenvalue weighted by molar-refractivity contribution is 0.199. The summed E-state index contributed by atoms with van der Waals surface area (Å²) in [5.41, 5.74) is 1.15. The minimum absolute atomic E-state index is 0.192. The molecule has 1 aromatic heterocycles. The smallest absolute Gasteiger partial charge is 0.123 e. The molecule has 0 saturated carbocycles. The van der Waals surface area contributed by atoms with Crippen LogP contribution < -0.4 is 5.32 Å². The largest absolute Gasteiger partial charge is 0.383 e. The quantitative estimate of drug-likeness (QED) is 0.701. The summed E-state index contributed by atoms with van der Waals surface area (Å²) in [6.45, 7) is 2.36. The number of rotatable bonds is 8. The molecule has 0 amide bonds. The fourth-order valence-corrected chi connectivity index (χ4v) is 3.78. The van der Waals surface area contributed by atoms with Crippen molar-refractivity contribution in [3.63, 3.8) is 0 Å². The molecule has 1 heterocycles. The van der Waals surface area contributed by atoms with Gasteiger partial charge in [0, 0.05) is 35.5 Å². The lowest BCUT2D eigenvalue weighted by Gasteiger charge is -2.18. The van der Waals surface area contributed by atoms with Gasteiger partial charge in [0.05, 0.1) is 6.61 Å². The van der Waals surface area contributed by atoms with Crippen LogP contribution in [0.15, 0.2) is 40.2 Å². The Kier molecular flexibility index (Phi) is 6.83. The van der Waals surface area contributed by atoms with Crippen LogP contribution in [-0.4, -0.2) is 26.8 Å². The fourth-order valence-electron chi connectivity index (χ4n) is 2.19. The summed E-state index contributed by atoms with van der Waals surface area (Å²) in [6.07, 6.45) is 0.934. The Morgan fingerprint density at radius 2 is 2.05 bits per heavy atom. The highest BCUT2D eigenvalue weighted by Crippen LogP contribution is 2.29. The standard InChI is InChI=1S/C16H19BrFNOS/c1-20-8-7-19-11-13(10-16-15(17)6-9-21-16)12-2-4-14(18)5-3-12/h2-6,9,13,19H,7-8,10-11H2,1H3. The zero-order chi connectivity index (χ0) is 15.1. The van der Waals surface area contributed by atoms with E-state index in [0.717, 1.165) is 29.5 Å². The van der Waals surface area contributed by atoms with E-state index in [1.807, 2.05) is 12.1 Å². The third-order valence-corrected chi connectivity index (χ3v) is 5.29. The summed E-state index contributed by atoms with van der Waals surface area (Å²) in [5, 5.41) is 5.48. The van der Waals surface area contributed by atoms with Gasteiger partial charge in [-0.1, -0.05) is 12.1 Å². The molecule has 0 fully saturated rings. The lowest BCUT2D eigenvalue weighted by atomic mass is 9.95. The molecule has 114 valence electrons. The van der Waals surface area contributed by atoms with E-state index in [9.17, 15) is 4.39 Å². The van der Waals surface area contributed by atoms with Crippen LogP contribution in [-0.2, 0) is 11.2 Å². The van der Waals surface area contributed by atoms with Gasteiger partial charge in [0.1, 0.15) is 5.82 Å². The predicted octanol–water partition coefficient (Wildman–Crippen LogP) is 4.21. The molecular weight excluding hydrogens is 353 g/mol. The molecule has 0 aliphatic rings. The number of hydrogen-bond donors (Lipinski definition) is 1. The molecule has 1 atom stereocenters. The number of nitrogens with one attached hydrogen (secondary N) is 1. The van der Waals surface area contributed by atoms with Crippen molar-refractivity contribution in [3.8, 4) is 0 Å². The second kappa shape index (κ2) is 8.63. The summed E-state index contributed by atoms with van der Waals surface area (Å²) in [6, 6.07) is 8.88. The van der Waals surface area contributed by atoms with Gasteiger partial charge in [-0.2, -0.15) is 0 Å². The van der Waals surface area contributed by atoms with Crippen molar-refractivity contribution in [2.75, 3.05) is 26.8 Å². The Morgan fingerprint density at radius 3 is 2.67 bits per heavy atom. The first-order valence-corrected chi connectivity index (χ1v) is 8.55. The van der Waals surface area contributed by atoms with Crippen molar-refractivity contribution in [3.05, 3.63) is 56.4 Å². The van der Waals surface area contributed by atoms with E-state index in [-0.39, 0.29) is 5.82 Å². The normalized spacial score (nSPS) is 12.5. The molecule has 0 aliphatic carbocycles. The maximum Gasteiger partial charge on any atom is 0.123 e. The van der Waals surface area contributed by atoms with Gasteiger partial charge in [-0.15, -0.1) is 11.3 Å². The minimum Gasteiger partial charge on any atom is -0.383 e. The Bertz CT molecular complexity index is 543. The van der Waals surface area contributed by atoms with Crippen LogP contribution in [0.25, 0.3) is 0 Å². The van der Waals surface area contributed by atoms with Crippen molar-refractivity contribution in [1.29, 1.82) is 0 Å². The Labute approximate surface area is 137 Å². The zero-order valence-electron chi connectivity index (χ0n) is 11.9. The van der Waals surface area contributed by atoms with E-state index in [2.05, 4.69) is 32.7 Å². The molecule has 0 spiro atoms. The van der Waals surface area contributed by atoms with E-state index in [1.165, 1.54) is 17.0 Å². The molecule has 2 aromatic rings. The van der Waals surface area contributed by atoms with E-state index < -0.39 is 0 Å². The van der Waals surface area contributed by atoms with Crippen LogP contribution in [0.5, 0.6) is 0 Å². The second-order valence-corrected chi connectivity index (χ2v) is 6.70. The van der Waals surface area contributed by atoms with Gasteiger partial charge in [-0.25, -0.2) is 4.39 Å². The number of methoxy groups -OCH3 is 1. The highest BCUT2D eigenvalue weighted by atomic mass is 79.9. The molecule has 1 unspecified atom stereocenters. The Balaban J connectivity index is 2.06. The number of thiophene rings is 1. The van der Waals surface area contributed by atoms with Crippen LogP contribution in [0.4, 0.5) is 4.39 Å². The van der Waals surface area contributed by atoms with Crippen molar-refractivity contribution >= 4 is 27.3 Å². The SMILES string of the molecule is COCCNCC(Cc1sccc1Br)c1ccc(F)cc1. The van der Waals surface area contributed by atoms with Gasteiger partial charge in [0.25, 0.3) is 0 Å². The van der Waals surface area contributed by atoms with Crippen LogP contribution >= 0.6 is 27.3 Å². The topological polar surface area (TPSA) is 21.3 Å². The van der Waals surface area contributed by atoms with Gasteiger partial charge >= 0.3 is 0 Å². The lowest BCUT2D eigenvalue weighted by Crippen LogP contribution is -2.26. The molecule has 1 aromatic carbocycles. The summed E-state index contributed by atoms with van der Waals surface area (Å²) < 4.78 is 19.3. The zero-order valence-corrected chi connectivity index (χ0v) is 14.3. The van der Waals surface area contributed by atoms with Crippen LogP contribution in [0.2, 0.25) is 0 Å². The maximum absolute atomic E-state index is 13.1. The minimum atomic E-state index is -0.192. The van der Waals surface area contributed by atoms with E-state index in [4.69, 9.17) is 4.74 Å². The van der Waals surface area contributed by atoms with Gasteiger partial charge in [0.15, 0.2) is 0 Å². The molecule has 5 heteroatoms. The van der Waals surface area contributed by atoms with Crippen molar-refractivity contribution in [1.82, 2.24) is 5.32 Å². The molecule has 21 heavy (non-hydrogen) atoms. The monoisotopic (exact) mass is 371 g/mol. The second-order valence-electron chi connectivity index (χ2n) is 4.84. The number of halogens is 2. The number of ether oxygens (including phenoxy) is 1. The molecule has 2 nitrogen and oxygen atoms in total. The van der Waals surface area contributed by atoms with Crippen molar-refractivity contribution in [2.45, 2.75) is 12.3 Å². The first-order valence-electron chi connectivity index (χ1n) is 6.87. The van der Waals surface area contributed by atoms with Crippen LogP contribution in [0, 0.1) is 5.82 Å². The molecule has 0 saturated heterocycles. The Hall–Kier alpha value is -0.750. The van der Waals surface area contributed by atoms with Crippen molar-refractivity contribution < 1.29 is 9.13 Å². The molecule has 0 bridgehead atoms. The average Bonchev–Trinajstić information content (AvgIpc) is 2.88. The summed E-state index contributed by atoms with van der Waals surface area (Å²) in [4.78, 5) is 1.32. The predicted molar refractivity (Wildman–Crippen MR) is 89.6 cm³/mol. The highest BCUT2D eigenvalue weighted by molar-refractivity contribution is 9.10. The number of hydrogen-bond acceptors (Lipinski definition) is 3. The number of benzene rings is 1. The van der Waals surface area contributed by atoms with Crippen LogP contribution in [0.1, 0.15) is 16.4 Å². The van der Waals surface area contributed by atoms with Crippen molar-refractivity contribution in [2.24, 2.45) is 0 Å². The third kappa shape index (κ3) is 5.18. The summed E-state index contributed by atoms with van der Waals surface area (Å²) in [7, 11) is 1.70. The first-order chi connectivity index (χ1) is 10.2. The van der Waals surface area contributed by atoms with E-state index in [0.29, 0.717) is 12.5 Å². The third-order valence-electron chi connectivity index (χ3n) is 3.34. The van der Waals surface area contributed by atoms with Crippen LogP contribution in [0.3, 0.4) is 0 Å². The first kappa shape index (κ1) is 16.6. The summed E-state index contributed by atoms with van der Waals surface area (Å²) in [5.74, 6) is 0.125. The molecule has 0 aliphatic heterocycles. The molecule has 1 N–H and O–H groups in total. The van der Waals surface area contributed by atoms with E-state index >= 15 is 0 Å².